The molecule has 0 bridgehead atoms. The highest BCUT2D eigenvalue weighted by molar-refractivity contribution is 5.92. The van der Waals surface area contributed by atoms with Crippen LogP contribution in [0.15, 0.2) is 12.3 Å². The van der Waals surface area contributed by atoms with E-state index in [0.29, 0.717) is 11.5 Å². The number of hydrogen-bond acceptors (Lipinski definition) is 5. The van der Waals surface area contributed by atoms with Crippen LogP contribution in [0.1, 0.15) is 34.0 Å². The molecule has 0 aliphatic carbocycles. The first kappa shape index (κ1) is 11.6. The number of methoxy groups -OCH3 is 1. The molecular weight excluding hydrogens is 218 g/mol. The van der Waals surface area contributed by atoms with Crippen molar-refractivity contribution in [2.24, 2.45) is 0 Å². The minimum Gasteiger partial charge on any atom is -0.465 e. The van der Waals surface area contributed by atoms with Crippen molar-refractivity contribution in [3.8, 4) is 6.07 Å². The number of carbonyl (C=O) groups excluding carboxylic acids is 1. The first-order valence-electron chi connectivity index (χ1n) is 5.45. The van der Waals surface area contributed by atoms with Crippen LogP contribution in [-0.2, 0) is 4.74 Å². The Bertz CT molecular complexity index is 473. The molecule has 5 heteroatoms. The summed E-state index contributed by atoms with van der Waals surface area (Å²) in [5.74, 6) is -0.178. The summed E-state index contributed by atoms with van der Waals surface area (Å²) in [7, 11) is 1.31. The van der Waals surface area contributed by atoms with Crippen molar-refractivity contribution in [1.82, 2.24) is 10.3 Å². The first-order chi connectivity index (χ1) is 8.26. The SMILES string of the molecule is COC(=O)c1cc(C2CCNC2)ncc1C#N. The Morgan fingerprint density at radius 2 is 2.53 bits per heavy atom. The molecule has 1 fully saturated rings. The van der Waals surface area contributed by atoms with Crippen molar-refractivity contribution in [3.05, 3.63) is 29.1 Å². The average Bonchev–Trinajstić information content (AvgIpc) is 2.91. The molecule has 88 valence electrons. The predicted molar refractivity (Wildman–Crippen MR) is 60.5 cm³/mol. The van der Waals surface area contributed by atoms with Crippen molar-refractivity contribution in [2.75, 3.05) is 20.2 Å². The van der Waals surface area contributed by atoms with Crippen molar-refractivity contribution >= 4 is 5.97 Å². The Kier molecular flexibility index (Phi) is 3.35. The van der Waals surface area contributed by atoms with Gasteiger partial charge in [-0.05, 0) is 19.0 Å². The monoisotopic (exact) mass is 231 g/mol. The molecule has 5 nitrogen and oxygen atoms in total. The van der Waals surface area contributed by atoms with E-state index in [1.54, 1.807) is 6.07 Å². The van der Waals surface area contributed by atoms with Gasteiger partial charge in [-0.25, -0.2) is 4.79 Å². The lowest BCUT2D eigenvalue weighted by Crippen LogP contribution is -2.11. The third-order valence-corrected chi connectivity index (χ3v) is 2.93. The maximum Gasteiger partial charge on any atom is 0.339 e. The third-order valence-electron chi connectivity index (χ3n) is 2.93. The lowest BCUT2D eigenvalue weighted by atomic mass is 10.0. The molecule has 17 heavy (non-hydrogen) atoms. The van der Waals surface area contributed by atoms with E-state index in [1.807, 2.05) is 6.07 Å². The van der Waals surface area contributed by atoms with Gasteiger partial charge in [-0.1, -0.05) is 0 Å². The molecule has 0 spiro atoms. The van der Waals surface area contributed by atoms with Gasteiger partial charge in [0.05, 0.1) is 18.2 Å². The molecule has 1 aliphatic rings. The third kappa shape index (κ3) is 2.27. The van der Waals surface area contributed by atoms with E-state index < -0.39 is 5.97 Å². The highest BCUT2D eigenvalue weighted by atomic mass is 16.5. The smallest absolute Gasteiger partial charge is 0.339 e. The van der Waals surface area contributed by atoms with Crippen LogP contribution in [0.2, 0.25) is 0 Å². The zero-order valence-corrected chi connectivity index (χ0v) is 9.56. The van der Waals surface area contributed by atoms with Gasteiger partial charge in [0.1, 0.15) is 6.07 Å². The number of pyridine rings is 1. The van der Waals surface area contributed by atoms with Gasteiger partial charge in [0.25, 0.3) is 0 Å². The summed E-state index contributed by atoms with van der Waals surface area (Å²) in [5, 5.41) is 12.1. The molecule has 1 aromatic heterocycles. The number of esters is 1. The second-order valence-electron chi connectivity index (χ2n) is 3.95. The van der Waals surface area contributed by atoms with Gasteiger partial charge < -0.3 is 10.1 Å². The molecular formula is C12H13N3O2. The average molecular weight is 231 g/mol. The highest BCUT2D eigenvalue weighted by Crippen LogP contribution is 2.22. The fourth-order valence-electron chi connectivity index (χ4n) is 1.97. The summed E-state index contributed by atoms with van der Waals surface area (Å²) in [6.07, 6.45) is 2.44. The van der Waals surface area contributed by atoms with Crippen LogP contribution in [-0.4, -0.2) is 31.2 Å². The maximum atomic E-state index is 11.5. The summed E-state index contributed by atoms with van der Waals surface area (Å²) >= 11 is 0. The Morgan fingerprint density at radius 3 is 3.12 bits per heavy atom. The van der Waals surface area contributed by atoms with Crippen LogP contribution >= 0.6 is 0 Å². The fourth-order valence-corrected chi connectivity index (χ4v) is 1.97. The van der Waals surface area contributed by atoms with E-state index in [2.05, 4.69) is 15.0 Å². The minimum atomic E-state index is -0.490. The molecule has 1 aromatic rings. The maximum absolute atomic E-state index is 11.5. The fraction of sp³-hybridized carbons (Fsp3) is 0.417. The van der Waals surface area contributed by atoms with Gasteiger partial charge in [-0.3, -0.25) is 4.98 Å². The van der Waals surface area contributed by atoms with Crippen molar-refractivity contribution < 1.29 is 9.53 Å². The molecule has 1 N–H and O–H groups in total. The molecule has 0 amide bonds. The molecule has 1 unspecified atom stereocenters. The minimum absolute atomic E-state index is 0.256. The number of nitriles is 1. The molecule has 0 aromatic carbocycles. The quantitative estimate of drug-likeness (QED) is 0.762. The summed E-state index contributed by atoms with van der Waals surface area (Å²) in [5.41, 5.74) is 1.40. The number of hydrogen-bond donors (Lipinski definition) is 1. The molecule has 1 saturated heterocycles. The zero-order chi connectivity index (χ0) is 12.3. The molecule has 1 atom stereocenters. The van der Waals surface area contributed by atoms with Gasteiger partial charge in [0, 0.05) is 24.4 Å². The summed E-state index contributed by atoms with van der Waals surface area (Å²) < 4.78 is 4.66. The zero-order valence-electron chi connectivity index (χ0n) is 9.56. The molecule has 2 rings (SSSR count). The van der Waals surface area contributed by atoms with Crippen LogP contribution in [0.3, 0.4) is 0 Å². The van der Waals surface area contributed by atoms with Gasteiger partial charge in [-0.15, -0.1) is 0 Å². The number of rotatable bonds is 2. The van der Waals surface area contributed by atoms with Gasteiger partial charge in [0.2, 0.25) is 0 Å². The Morgan fingerprint density at radius 1 is 1.71 bits per heavy atom. The van der Waals surface area contributed by atoms with E-state index in [1.165, 1.54) is 13.3 Å². The standard InChI is InChI=1S/C12H13N3O2/c1-17-12(16)10-4-11(8-2-3-14-6-8)15-7-9(10)5-13/h4,7-8,14H,2-3,6H2,1H3. The van der Waals surface area contributed by atoms with E-state index in [-0.39, 0.29) is 5.56 Å². The Hall–Kier alpha value is -1.93. The first-order valence-corrected chi connectivity index (χ1v) is 5.45. The molecule has 1 aliphatic heterocycles. The Labute approximate surface area is 99.4 Å². The largest absolute Gasteiger partial charge is 0.465 e. The molecule has 2 heterocycles. The normalized spacial score (nSPS) is 18.7. The van der Waals surface area contributed by atoms with Gasteiger partial charge >= 0.3 is 5.97 Å². The van der Waals surface area contributed by atoms with E-state index in [9.17, 15) is 4.79 Å². The number of nitrogens with zero attached hydrogens (tertiary/aromatic N) is 2. The van der Waals surface area contributed by atoms with E-state index >= 15 is 0 Å². The molecule has 0 saturated carbocycles. The number of carbonyl (C=O) groups is 1. The van der Waals surface area contributed by atoms with Gasteiger partial charge in [-0.2, -0.15) is 5.26 Å². The van der Waals surface area contributed by atoms with Crippen LogP contribution in [0.4, 0.5) is 0 Å². The number of ether oxygens (including phenoxy) is 1. The van der Waals surface area contributed by atoms with Crippen LogP contribution in [0, 0.1) is 11.3 Å². The van der Waals surface area contributed by atoms with Crippen molar-refractivity contribution in [2.45, 2.75) is 12.3 Å². The second-order valence-corrected chi connectivity index (χ2v) is 3.95. The van der Waals surface area contributed by atoms with Crippen LogP contribution in [0.25, 0.3) is 0 Å². The Balaban J connectivity index is 2.37. The summed E-state index contributed by atoms with van der Waals surface area (Å²) in [6.45, 7) is 1.82. The van der Waals surface area contributed by atoms with Crippen molar-refractivity contribution in [3.63, 3.8) is 0 Å². The van der Waals surface area contributed by atoms with Crippen LogP contribution < -0.4 is 5.32 Å². The van der Waals surface area contributed by atoms with Crippen molar-refractivity contribution in [1.29, 1.82) is 5.26 Å². The predicted octanol–water partition coefficient (Wildman–Crippen LogP) is 0.817. The lowest BCUT2D eigenvalue weighted by molar-refractivity contribution is 0.0600. The van der Waals surface area contributed by atoms with E-state index in [4.69, 9.17) is 5.26 Å². The summed E-state index contributed by atoms with van der Waals surface area (Å²) in [6, 6.07) is 3.62. The topological polar surface area (TPSA) is 75.0 Å². The second kappa shape index (κ2) is 4.93. The number of aromatic nitrogens is 1. The highest BCUT2D eigenvalue weighted by Gasteiger charge is 2.21. The molecule has 0 radical (unpaired) electrons. The van der Waals surface area contributed by atoms with E-state index in [0.717, 1.165) is 25.2 Å². The summed E-state index contributed by atoms with van der Waals surface area (Å²) in [4.78, 5) is 15.8. The number of nitrogens with one attached hydrogen (secondary N) is 1. The lowest BCUT2D eigenvalue weighted by Gasteiger charge is -2.09. The van der Waals surface area contributed by atoms with Gasteiger partial charge in [0.15, 0.2) is 0 Å². The van der Waals surface area contributed by atoms with Crippen LogP contribution in [0.5, 0.6) is 0 Å².